The van der Waals surface area contributed by atoms with Crippen LogP contribution in [0.1, 0.15) is 29.9 Å². The van der Waals surface area contributed by atoms with Crippen LogP contribution in [0.25, 0.3) is 22.2 Å². The van der Waals surface area contributed by atoms with E-state index in [0.29, 0.717) is 11.6 Å². The second-order valence-electron chi connectivity index (χ2n) is 6.90. The molecule has 1 aromatic heterocycles. The lowest BCUT2D eigenvalue weighted by molar-refractivity contribution is 0.460. The number of piperidine rings is 1. The van der Waals surface area contributed by atoms with Gasteiger partial charge >= 0.3 is 0 Å². The summed E-state index contributed by atoms with van der Waals surface area (Å²) >= 11 is 0. The minimum atomic E-state index is 0.647. The van der Waals surface area contributed by atoms with Crippen molar-refractivity contribution in [3.63, 3.8) is 0 Å². The summed E-state index contributed by atoms with van der Waals surface area (Å²) in [5.74, 6) is 6.14. The van der Waals surface area contributed by atoms with E-state index in [1.165, 1.54) is 34.9 Å². The van der Waals surface area contributed by atoms with Crippen LogP contribution in [0.15, 0.2) is 36.4 Å². The normalized spacial score (nSPS) is 15.6. The fourth-order valence-electron chi connectivity index (χ4n) is 3.89. The molecule has 5 heteroatoms. The number of rotatable bonds is 3. The summed E-state index contributed by atoms with van der Waals surface area (Å²) in [6.45, 7) is 4.40. The zero-order valence-corrected chi connectivity index (χ0v) is 14.5. The summed E-state index contributed by atoms with van der Waals surface area (Å²) in [5.41, 5.74) is 16.2. The lowest BCUT2D eigenvalue weighted by Crippen LogP contribution is -2.26. The third-order valence-electron chi connectivity index (χ3n) is 5.39. The minimum absolute atomic E-state index is 0.647. The molecule has 1 aliphatic heterocycles. The molecule has 3 aromatic rings. The average Bonchev–Trinajstić information content (AvgIpc) is 2.98. The number of aromatic nitrogens is 1. The van der Waals surface area contributed by atoms with Crippen molar-refractivity contribution in [1.29, 1.82) is 0 Å². The maximum atomic E-state index is 6.07. The topological polar surface area (TPSA) is 91.9 Å². The number of fused-ring (bicyclic) bond motifs is 1. The molecular formula is C20H25N5. The number of aryl methyl sites for hydroxylation is 1. The Hall–Kier alpha value is -2.50. The number of nitrogens with one attached hydrogen (secondary N) is 3. The van der Waals surface area contributed by atoms with E-state index in [1.807, 2.05) is 18.2 Å². The van der Waals surface area contributed by atoms with Crippen molar-refractivity contribution in [1.82, 2.24) is 10.3 Å². The molecule has 1 fully saturated rings. The maximum absolute atomic E-state index is 6.07. The van der Waals surface area contributed by atoms with Crippen molar-refractivity contribution < 1.29 is 0 Å². The van der Waals surface area contributed by atoms with Gasteiger partial charge in [0.05, 0.1) is 11.4 Å². The molecule has 1 aliphatic rings. The summed E-state index contributed by atoms with van der Waals surface area (Å²) < 4.78 is 0. The van der Waals surface area contributed by atoms with Gasteiger partial charge in [-0.25, -0.2) is 0 Å². The predicted octanol–water partition coefficient (Wildman–Crippen LogP) is 3.48. The van der Waals surface area contributed by atoms with Crippen molar-refractivity contribution in [2.75, 3.05) is 24.2 Å². The first-order chi connectivity index (χ1) is 12.2. The number of hydrogen-bond donors (Lipinski definition) is 5. The van der Waals surface area contributed by atoms with Gasteiger partial charge in [-0.3, -0.25) is 5.84 Å². The molecule has 0 saturated carbocycles. The molecule has 130 valence electrons. The molecule has 7 N–H and O–H groups in total. The van der Waals surface area contributed by atoms with E-state index in [0.717, 1.165) is 30.0 Å². The standard InChI is InChI=1S/C20H25N5/c1-12-16-10-14(13-6-8-23-9-7-13)2-4-18(16)24-20(12)15-3-5-19(25-22)17(21)11-15/h2-5,10-11,13,23-25H,6-9,21-22H2,1H3. The maximum Gasteiger partial charge on any atom is 0.0716 e. The smallest absolute Gasteiger partial charge is 0.0716 e. The molecule has 5 nitrogen and oxygen atoms in total. The summed E-state index contributed by atoms with van der Waals surface area (Å²) in [6.07, 6.45) is 2.43. The molecule has 4 rings (SSSR count). The third kappa shape index (κ3) is 2.86. The van der Waals surface area contributed by atoms with E-state index < -0.39 is 0 Å². The van der Waals surface area contributed by atoms with Gasteiger partial charge in [0.1, 0.15) is 0 Å². The van der Waals surface area contributed by atoms with Crippen LogP contribution in [0.4, 0.5) is 11.4 Å². The Bertz CT molecular complexity index is 906. The zero-order chi connectivity index (χ0) is 17.4. The Balaban J connectivity index is 1.75. The Labute approximate surface area is 147 Å². The molecule has 0 radical (unpaired) electrons. The van der Waals surface area contributed by atoms with Gasteiger partial charge < -0.3 is 21.5 Å². The number of nitrogen functional groups attached to an aromatic ring is 2. The Kier molecular flexibility index (Phi) is 4.11. The first kappa shape index (κ1) is 16.0. The monoisotopic (exact) mass is 335 g/mol. The summed E-state index contributed by atoms with van der Waals surface area (Å²) in [4.78, 5) is 3.56. The highest BCUT2D eigenvalue weighted by molar-refractivity contribution is 5.92. The Morgan fingerprint density at radius 2 is 1.88 bits per heavy atom. The van der Waals surface area contributed by atoms with E-state index in [9.17, 15) is 0 Å². The summed E-state index contributed by atoms with van der Waals surface area (Å²) in [5, 5.41) is 4.74. The van der Waals surface area contributed by atoms with Crippen LogP contribution < -0.4 is 22.3 Å². The SMILES string of the molecule is Cc1c(-c2ccc(NN)c(N)c2)[nH]c2ccc(C3CCNCC3)cc12. The molecule has 1 saturated heterocycles. The van der Waals surface area contributed by atoms with E-state index in [2.05, 4.69) is 40.8 Å². The van der Waals surface area contributed by atoms with Crippen LogP contribution in [-0.4, -0.2) is 18.1 Å². The Morgan fingerprint density at radius 1 is 1.08 bits per heavy atom. The van der Waals surface area contributed by atoms with Crippen molar-refractivity contribution >= 4 is 22.3 Å². The molecule has 0 unspecified atom stereocenters. The van der Waals surface area contributed by atoms with Gasteiger partial charge in [-0.2, -0.15) is 0 Å². The number of benzene rings is 2. The van der Waals surface area contributed by atoms with Crippen molar-refractivity contribution in [2.45, 2.75) is 25.7 Å². The number of nitrogens with two attached hydrogens (primary N) is 2. The average molecular weight is 335 g/mol. The van der Waals surface area contributed by atoms with Crippen LogP contribution in [0, 0.1) is 6.92 Å². The predicted molar refractivity (Wildman–Crippen MR) is 106 cm³/mol. The van der Waals surface area contributed by atoms with Gasteiger partial charge in [0.2, 0.25) is 0 Å². The molecule has 2 heterocycles. The number of aromatic amines is 1. The molecule has 0 atom stereocenters. The van der Waals surface area contributed by atoms with Crippen molar-refractivity contribution in [2.24, 2.45) is 5.84 Å². The lowest BCUT2D eigenvalue weighted by Gasteiger charge is -2.23. The summed E-state index contributed by atoms with van der Waals surface area (Å²) in [6, 6.07) is 12.8. The third-order valence-corrected chi connectivity index (χ3v) is 5.39. The van der Waals surface area contributed by atoms with Gasteiger partial charge in [-0.1, -0.05) is 12.1 Å². The molecule has 0 amide bonds. The fourth-order valence-corrected chi connectivity index (χ4v) is 3.89. The van der Waals surface area contributed by atoms with E-state index in [-0.39, 0.29) is 0 Å². The first-order valence-corrected chi connectivity index (χ1v) is 8.87. The van der Waals surface area contributed by atoms with Gasteiger partial charge in [-0.15, -0.1) is 0 Å². The Morgan fingerprint density at radius 3 is 2.60 bits per heavy atom. The second-order valence-corrected chi connectivity index (χ2v) is 6.90. The quantitative estimate of drug-likeness (QED) is 0.288. The largest absolute Gasteiger partial charge is 0.397 e. The zero-order valence-electron chi connectivity index (χ0n) is 14.5. The van der Waals surface area contributed by atoms with E-state index in [1.54, 1.807) is 0 Å². The van der Waals surface area contributed by atoms with Crippen LogP contribution >= 0.6 is 0 Å². The van der Waals surface area contributed by atoms with Crippen molar-refractivity contribution in [3.8, 4) is 11.3 Å². The number of hydrogen-bond acceptors (Lipinski definition) is 4. The summed E-state index contributed by atoms with van der Waals surface area (Å²) in [7, 11) is 0. The molecule has 0 aliphatic carbocycles. The molecule has 0 bridgehead atoms. The van der Waals surface area contributed by atoms with Crippen LogP contribution in [0.2, 0.25) is 0 Å². The molecule has 2 aromatic carbocycles. The fraction of sp³-hybridized carbons (Fsp3) is 0.300. The number of H-pyrrole nitrogens is 1. The van der Waals surface area contributed by atoms with Crippen LogP contribution in [0.5, 0.6) is 0 Å². The van der Waals surface area contributed by atoms with Gasteiger partial charge in [0, 0.05) is 22.2 Å². The van der Waals surface area contributed by atoms with Crippen LogP contribution in [0.3, 0.4) is 0 Å². The number of anilines is 2. The minimum Gasteiger partial charge on any atom is -0.397 e. The van der Waals surface area contributed by atoms with Gasteiger partial charge in [-0.05, 0) is 74.2 Å². The van der Waals surface area contributed by atoms with Gasteiger partial charge in [0.25, 0.3) is 0 Å². The van der Waals surface area contributed by atoms with Crippen molar-refractivity contribution in [3.05, 3.63) is 47.5 Å². The highest BCUT2D eigenvalue weighted by Crippen LogP contribution is 2.35. The van der Waals surface area contributed by atoms with E-state index >= 15 is 0 Å². The highest BCUT2D eigenvalue weighted by Gasteiger charge is 2.17. The molecule has 0 spiro atoms. The van der Waals surface area contributed by atoms with Gasteiger partial charge in [0.15, 0.2) is 0 Å². The van der Waals surface area contributed by atoms with Crippen LogP contribution in [-0.2, 0) is 0 Å². The molecular weight excluding hydrogens is 310 g/mol. The lowest BCUT2D eigenvalue weighted by atomic mass is 9.89. The number of hydrazine groups is 1. The molecule has 25 heavy (non-hydrogen) atoms. The highest BCUT2D eigenvalue weighted by atomic mass is 15.2. The first-order valence-electron chi connectivity index (χ1n) is 8.87. The second kappa shape index (κ2) is 6.43. The van der Waals surface area contributed by atoms with E-state index in [4.69, 9.17) is 11.6 Å².